The fourth-order valence-corrected chi connectivity index (χ4v) is 2.71. The Morgan fingerprint density at radius 2 is 2.12 bits per heavy atom. The average Bonchev–Trinajstić information content (AvgIpc) is 3.06. The summed E-state index contributed by atoms with van der Waals surface area (Å²) in [6, 6.07) is 1.72. The van der Waals surface area contributed by atoms with Gasteiger partial charge in [-0.3, -0.25) is 9.59 Å². The topological polar surface area (TPSA) is 127 Å². The number of carboxylic acids is 1. The summed E-state index contributed by atoms with van der Waals surface area (Å²) in [5, 5.41) is 12.4. The molecule has 1 atom stereocenters. The molecule has 3 N–H and O–H groups in total. The van der Waals surface area contributed by atoms with E-state index in [0.29, 0.717) is 24.9 Å². The monoisotopic (exact) mass is 345 g/mol. The second-order valence-electron chi connectivity index (χ2n) is 5.66. The van der Waals surface area contributed by atoms with Gasteiger partial charge in [-0.25, -0.2) is 9.97 Å². The van der Waals surface area contributed by atoms with Gasteiger partial charge in [0, 0.05) is 51.8 Å². The number of aromatic nitrogens is 4. The largest absolute Gasteiger partial charge is 0.481 e. The van der Waals surface area contributed by atoms with Crippen LogP contribution in [0.4, 0.5) is 11.8 Å². The number of hydrogen-bond donors (Lipinski definition) is 3. The number of H-pyrrole nitrogens is 1. The number of anilines is 2. The lowest BCUT2D eigenvalue weighted by molar-refractivity contribution is -0.141. The van der Waals surface area contributed by atoms with Crippen LogP contribution in [-0.2, 0) is 4.79 Å². The Hall–Kier alpha value is -3.17. The number of nitrogens with zero attached hydrogens (tertiary/aromatic N) is 5. The number of rotatable bonds is 4. The van der Waals surface area contributed by atoms with Crippen LogP contribution in [-0.4, -0.2) is 75.0 Å². The molecule has 132 valence electrons. The van der Waals surface area contributed by atoms with Crippen molar-refractivity contribution in [2.24, 2.45) is 5.92 Å². The molecule has 3 heterocycles. The van der Waals surface area contributed by atoms with Gasteiger partial charge in [0.2, 0.25) is 5.95 Å². The molecule has 0 aromatic carbocycles. The van der Waals surface area contributed by atoms with Gasteiger partial charge in [-0.05, 0) is 6.07 Å². The Morgan fingerprint density at radius 3 is 2.80 bits per heavy atom. The third-order valence-corrected chi connectivity index (χ3v) is 4.04. The van der Waals surface area contributed by atoms with Crippen molar-refractivity contribution < 1.29 is 14.7 Å². The fourth-order valence-electron chi connectivity index (χ4n) is 2.71. The van der Waals surface area contributed by atoms with Gasteiger partial charge in [-0.1, -0.05) is 0 Å². The number of carbonyl (C=O) groups is 2. The van der Waals surface area contributed by atoms with Crippen LogP contribution in [0.2, 0.25) is 0 Å². The van der Waals surface area contributed by atoms with E-state index in [1.807, 2.05) is 0 Å². The lowest BCUT2D eigenvalue weighted by Crippen LogP contribution is -2.38. The predicted molar refractivity (Wildman–Crippen MR) is 89.4 cm³/mol. The Balaban J connectivity index is 1.82. The molecule has 1 aliphatic heterocycles. The number of hydrogen-bond acceptors (Lipinski definition) is 7. The predicted octanol–water partition coefficient (Wildman–Crippen LogP) is -0.0954. The molecule has 0 spiro atoms. The van der Waals surface area contributed by atoms with E-state index in [2.05, 4.69) is 25.3 Å². The minimum atomic E-state index is -0.964. The van der Waals surface area contributed by atoms with Crippen LogP contribution in [0.25, 0.3) is 0 Å². The maximum atomic E-state index is 12.5. The number of nitrogens with one attached hydrogen (secondary N) is 2. The summed E-state index contributed by atoms with van der Waals surface area (Å²) < 4.78 is 0. The molecule has 1 fully saturated rings. The summed E-state index contributed by atoms with van der Waals surface area (Å²) >= 11 is 0. The highest BCUT2D eigenvalue weighted by molar-refractivity contribution is 5.91. The van der Waals surface area contributed by atoms with Gasteiger partial charge < -0.3 is 25.2 Å². The van der Waals surface area contributed by atoms with Gasteiger partial charge in [-0.15, -0.1) is 0 Å². The second kappa shape index (κ2) is 7.16. The molecule has 25 heavy (non-hydrogen) atoms. The number of imidazole rings is 1. The molecule has 1 amide bonds. The molecule has 1 saturated heterocycles. The first-order valence-electron chi connectivity index (χ1n) is 7.85. The van der Waals surface area contributed by atoms with Gasteiger partial charge in [0.1, 0.15) is 5.82 Å². The van der Waals surface area contributed by atoms with Crippen molar-refractivity contribution in [3.05, 3.63) is 30.5 Å². The highest BCUT2D eigenvalue weighted by Crippen LogP contribution is 2.17. The average molecular weight is 345 g/mol. The zero-order chi connectivity index (χ0) is 17.8. The first kappa shape index (κ1) is 16.7. The van der Waals surface area contributed by atoms with Crippen LogP contribution in [0.1, 0.15) is 10.6 Å². The first-order chi connectivity index (χ1) is 12.1. The molecular weight excluding hydrogens is 326 g/mol. The van der Waals surface area contributed by atoms with Gasteiger partial charge in [0.15, 0.2) is 5.82 Å². The maximum absolute atomic E-state index is 12.5. The van der Waals surface area contributed by atoms with Crippen molar-refractivity contribution in [1.82, 2.24) is 24.8 Å². The molecule has 2 aromatic rings. The number of carbonyl (C=O) groups excluding carboxylic acids is 1. The van der Waals surface area contributed by atoms with Gasteiger partial charge >= 0.3 is 5.97 Å². The van der Waals surface area contributed by atoms with Gasteiger partial charge in [-0.2, -0.15) is 4.98 Å². The maximum Gasteiger partial charge on any atom is 0.310 e. The Kier molecular flexibility index (Phi) is 4.78. The summed E-state index contributed by atoms with van der Waals surface area (Å²) in [5.41, 5.74) is 0. The number of aromatic amines is 1. The molecule has 0 radical (unpaired) electrons. The summed E-state index contributed by atoms with van der Waals surface area (Å²) in [5.74, 6) is -0.749. The Morgan fingerprint density at radius 1 is 1.28 bits per heavy atom. The van der Waals surface area contributed by atoms with Crippen molar-refractivity contribution in [1.29, 1.82) is 0 Å². The van der Waals surface area contributed by atoms with Crippen LogP contribution >= 0.6 is 0 Å². The zero-order valence-corrected chi connectivity index (χ0v) is 13.7. The number of amides is 1. The third kappa shape index (κ3) is 3.67. The molecule has 10 heteroatoms. The molecule has 0 bridgehead atoms. The van der Waals surface area contributed by atoms with E-state index in [1.54, 1.807) is 30.4 Å². The SMILES string of the molecule is CNc1ccnc(N2CCN(C(=O)c3ncc[nH]3)CC(C(=O)O)C2)n1. The van der Waals surface area contributed by atoms with Crippen molar-refractivity contribution in [2.75, 3.05) is 43.4 Å². The molecular formula is C15H19N7O3. The summed E-state index contributed by atoms with van der Waals surface area (Å²) in [4.78, 5) is 42.7. The second-order valence-corrected chi connectivity index (χ2v) is 5.66. The molecule has 2 aromatic heterocycles. The van der Waals surface area contributed by atoms with Crippen molar-refractivity contribution in [3.8, 4) is 0 Å². The highest BCUT2D eigenvalue weighted by atomic mass is 16.4. The van der Waals surface area contributed by atoms with Crippen LogP contribution < -0.4 is 10.2 Å². The Bertz CT molecular complexity index is 749. The third-order valence-electron chi connectivity index (χ3n) is 4.04. The van der Waals surface area contributed by atoms with E-state index < -0.39 is 11.9 Å². The minimum Gasteiger partial charge on any atom is -0.481 e. The number of aliphatic carboxylic acids is 1. The molecule has 0 aliphatic carbocycles. The zero-order valence-electron chi connectivity index (χ0n) is 13.7. The smallest absolute Gasteiger partial charge is 0.310 e. The normalized spacial score (nSPS) is 17.9. The Labute approximate surface area is 143 Å². The summed E-state index contributed by atoms with van der Waals surface area (Å²) in [6.07, 6.45) is 4.66. The van der Waals surface area contributed by atoms with E-state index in [-0.39, 0.29) is 24.8 Å². The van der Waals surface area contributed by atoms with Crippen LogP contribution in [0.3, 0.4) is 0 Å². The van der Waals surface area contributed by atoms with E-state index in [1.165, 1.54) is 11.1 Å². The highest BCUT2D eigenvalue weighted by Gasteiger charge is 2.32. The lowest BCUT2D eigenvalue weighted by atomic mass is 10.1. The van der Waals surface area contributed by atoms with Gasteiger partial charge in [0.05, 0.1) is 5.92 Å². The van der Waals surface area contributed by atoms with Crippen molar-refractivity contribution in [3.63, 3.8) is 0 Å². The molecule has 3 rings (SSSR count). The van der Waals surface area contributed by atoms with Crippen molar-refractivity contribution >= 4 is 23.6 Å². The summed E-state index contributed by atoms with van der Waals surface area (Å²) in [6.45, 7) is 1.13. The summed E-state index contributed by atoms with van der Waals surface area (Å²) in [7, 11) is 1.75. The fraction of sp³-hybridized carbons (Fsp3) is 0.400. The van der Waals surface area contributed by atoms with Crippen LogP contribution in [0.15, 0.2) is 24.7 Å². The quantitative estimate of drug-likeness (QED) is 0.701. The minimum absolute atomic E-state index is 0.108. The van der Waals surface area contributed by atoms with Crippen LogP contribution in [0.5, 0.6) is 0 Å². The van der Waals surface area contributed by atoms with E-state index >= 15 is 0 Å². The van der Waals surface area contributed by atoms with Crippen LogP contribution in [0, 0.1) is 5.92 Å². The van der Waals surface area contributed by atoms with Crippen molar-refractivity contribution in [2.45, 2.75) is 0 Å². The molecule has 0 saturated carbocycles. The van der Waals surface area contributed by atoms with E-state index in [9.17, 15) is 14.7 Å². The molecule has 1 aliphatic rings. The lowest BCUT2D eigenvalue weighted by Gasteiger charge is -2.22. The van der Waals surface area contributed by atoms with Gasteiger partial charge in [0.25, 0.3) is 5.91 Å². The van der Waals surface area contributed by atoms with E-state index in [4.69, 9.17) is 0 Å². The first-order valence-corrected chi connectivity index (χ1v) is 7.85. The van der Waals surface area contributed by atoms with E-state index in [0.717, 1.165) is 0 Å². The molecule has 1 unspecified atom stereocenters. The molecule has 10 nitrogen and oxygen atoms in total. The number of carboxylic acid groups (broad SMARTS) is 1. The standard InChI is InChI=1S/C15H19N7O3/c1-16-11-2-3-19-15(20-11)22-7-6-21(8-10(9-22)14(24)25)13(23)12-17-4-5-18-12/h2-5,10H,6-9H2,1H3,(H,17,18)(H,24,25)(H,16,19,20).